The van der Waals surface area contributed by atoms with Crippen molar-refractivity contribution in [3.8, 4) is 11.5 Å². The summed E-state index contributed by atoms with van der Waals surface area (Å²) >= 11 is 3.49. The molecule has 1 unspecified atom stereocenters. The molecule has 1 aromatic carbocycles. The van der Waals surface area contributed by atoms with Crippen LogP contribution in [0.1, 0.15) is 16.7 Å². The monoisotopic (exact) mass is 331 g/mol. The second-order valence-electron chi connectivity index (χ2n) is 4.26. The number of carboxylic acid groups (broad SMARTS) is 1. The fourth-order valence-electron chi connectivity index (χ4n) is 2.01. The van der Waals surface area contributed by atoms with Crippen LogP contribution in [0.15, 0.2) is 4.47 Å². The predicted octanol–water partition coefficient (Wildman–Crippen LogP) is 2.04. The Morgan fingerprint density at radius 2 is 1.79 bits per heavy atom. The van der Waals surface area contributed by atoms with Gasteiger partial charge in [0.25, 0.3) is 0 Å². The van der Waals surface area contributed by atoms with Crippen LogP contribution in [0.25, 0.3) is 0 Å². The first-order valence-corrected chi connectivity index (χ1v) is 6.52. The van der Waals surface area contributed by atoms with E-state index in [0.29, 0.717) is 11.5 Å². The first-order chi connectivity index (χ1) is 8.84. The number of halogens is 1. The smallest absolute Gasteiger partial charge is 0.320 e. The van der Waals surface area contributed by atoms with Crippen molar-refractivity contribution in [2.24, 2.45) is 5.73 Å². The molecule has 5 nitrogen and oxygen atoms in total. The van der Waals surface area contributed by atoms with Gasteiger partial charge in [0, 0.05) is 22.0 Å². The highest BCUT2D eigenvalue weighted by molar-refractivity contribution is 9.10. The lowest BCUT2D eigenvalue weighted by atomic mass is 9.97. The SMILES string of the molecule is COc1c(C)c(Br)c(C)c(CC(N)C(=O)O)c1OC. The number of hydrogen-bond acceptors (Lipinski definition) is 4. The van der Waals surface area contributed by atoms with Crippen LogP contribution in [-0.2, 0) is 11.2 Å². The molecule has 0 aromatic heterocycles. The molecule has 0 aliphatic heterocycles. The number of hydrogen-bond donors (Lipinski definition) is 2. The Morgan fingerprint density at radius 1 is 1.26 bits per heavy atom. The summed E-state index contributed by atoms with van der Waals surface area (Å²) in [5.74, 6) is 0.0853. The van der Waals surface area contributed by atoms with Gasteiger partial charge >= 0.3 is 5.97 Å². The Morgan fingerprint density at radius 3 is 2.21 bits per heavy atom. The standard InChI is InChI=1S/C13H18BrNO4/c1-6-8(5-9(15)13(16)17)12(19-4)11(18-3)7(2)10(6)14/h9H,5,15H2,1-4H3,(H,16,17). The van der Waals surface area contributed by atoms with Crippen LogP contribution in [0.4, 0.5) is 0 Å². The van der Waals surface area contributed by atoms with Gasteiger partial charge < -0.3 is 20.3 Å². The molecule has 1 aromatic rings. The minimum Gasteiger partial charge on any atom is -0.493 e. The zero-order chi connectivity index (χ0) is 14.7. The number of carboxylic acids is 1. The van der Waals surface area contributed by atoms with Gasteiger partial charge in [-0.2, -0.15) is 0 Å². The molecule has 0 spiro atoms. The maximum absolute atomic E-state index is 10.9. The molecule has 0 aliphatic rings. The first kappa shape index (κ1) is 15.8. The Labute approximate surface area is 120 Å². The van der Waals surface area contributed by atoms with E-state index < -0.39 is 12.0 Å². The summed E-state index contributed by atoms with van der Waals surface area (Å²) in [5.41, 5.74) is 8.17. The molecule has 19 heavy (non-hydrogen) atoms. The van der Waals surface area contributed by atoms with E-state index in [4.69, 9.17) is 20.3 Å². The molecular formula is C13H18BrNO4. The van der Waals surface area contributed by atoms with Crippen LogP contribution in [0.2, 0.25) is 0 Å². The van der Waals surface area contributed by atoms with Crippen molar-refractivity contribution in [3.05, 3.63) is 21.2 Å². The zero-order valence-corrected chi connectivity index (χ0v) is 13.0. The van der Waals surface area contributed by atoms with Crippen molar-refractivity contribution in [1.82, 2.24) is 0 Å². The van der Waals surface area contributed by atoms with Crippen molar-refractivity contribution in [3.63, 3.8) is 0 Å². The molecule has 0 bridgehead atoms. The summed E-state index contributed by atoms with van der Waals surface area (Å²) in [4.78, 5) is 10.9. The molecule has 0 amide bonds. The van der Waals surface area contributed by atoms with Gasteiger partial charge in [0.2, 0.25) is 0 Å². The molecule has 0 saturated heterocycles. The van der Waals surface area contributed by atoms with E-state index in [9.17, 15) is 4.79 Å². The number of benzene rings is 1. The predicted molar refractivity (Wildman–Crippen MR) is 76.0 cm³/mol. The molecule has 0 heterocycles. The average Bonchev–Trinajstić information content (AvgIpc) is 2.38. The van der Waals surface area contributed by atoms with Crippen LogP contribution in [0.3, 0.4) is 0 Å². The Hall–Kier alpha value is -1.27. The summed E-state index contributed by atoms with van der Waals surface area (Å²) in [6.45, 7) is 3.79. The lowest BCUT2D eigenvalue weighted by molar-refractivity contribution is -0.138. The Kier molecular flexibility index (Phi) is 5.20. The van der Waals surface area contributed by atoms with E-state index in [1.54, 1.807) is 7.11 Å². The van der Waals surface area contributed by atoms with Crippen molar-refractivity contribution in [1.29, 1.82) is 0 Å². The van der Waals surface area contributed by atoms with Crippen molar-refractivity contribution < 1.29 is 19.4 Å². The molecule has 6 heteroatoms. The molecule has 1 atom stereocenters. The van der Waals surface area contributed by atoms with Gasteiger partial charge in [0.15, 0.2) is 11.5 Å². The molecule has 106 valence electrons. The number of methoxy groups -OCH3 is 2. The summed E-state index contributed by atoms with van der Waals surface area (Å²) in [5, 5.41) is 8.94. The fraction of sp³-hybridized carbons (Fsp3) is 0.462. The molecule has 0 radical (unpaired) electrons. The van der Waals surface area contributed by atoms with E-state index in [1.165, 1.54) is 7.11 Å². The fourth-order valence-corrected chi connectivity index (χ4v) is 2.43. The Balaban J connectivity index is 3.44. The molecule has 1 rings (SSSR count). The van der Waals surface area contributed by atoms with E-state index in [0.717, 1.165) is 21.2 Å². The minimum absolute atomic E-state index is 0.180. The molecule has 0 aliphatic carbocycles. The van der Waals surface area contributed by atoms with E-state index in [2.05, 4.69) is 15.9 Å². The molecule has 0 fully saturated rings. The van der Waals surface area contributed by atoms with Crippen molar-refractivity contribution in [2.45, 2.75) is 26.3 Å². The molecular weight excluding hydrogens is 314 g/mol. The number of aliphatic carboxylic acids is 1. The normalized spacial score (nSPS) is 12.1. The third-order valence-electron chi connectivity index (χ3n) is 3.08. The largest absolute Gasteiger partial charge is 0.493 e. The molecule has 3 N–H and O–H groups in total. The number of carbonyl (C=O) groups is 1. The van der Waals surface area contributed by atoms with Crippen LogP contribution in [-0.4, -0.2) is 31.3 Å². The lowest BCUT2D eigenvalue weighted by Gasteiger charge is -2.20. The van der Waals surface area contributed by atoms with Gasteiger partial charge in [-0.1, -0.05) is 15.9 Å². The highest BCUT2D eigenvalue weighted by Crippen LogP contribution is 2.42. The van der Waals surface area contributed by atoms with Gasteiger partial charge in [-0.3, -0.25) is 4.79 Å². The second-order valence-corrected chi connectivity index (χ2v) is 5.05. The van der Waals surface area contributed by atoms with E-state index in [-0.39, 0.29) is 6.42 Å². The maximum atomic E-state index is 10.9. The quantitative estimate of drug-likeness (QED) is 0.862. The van der Waals surface area contributed by atoms with Crippen LogP contribution in [0.5, 0.6) is 11.5 Å². The topological polar surface area (TPSA) is 81.8 Å². The third kappa shape index (κ3) is 3.01. The maximum Gasteiger partial charge on any atom is 0.320 e. The van der Waals surface area contributed by atoms with E-state index in [1.807, 2.05) is 13.8 Å². The van der Waals surface area contributed by atoms with Crippen LogP contribution < -0.4 is 15.2 Å². The second kappa shape index (κ2) is 6.25. The third-order valence-corrected chi connectivity index (χ3v) is 4.27. The number of ether oxygens (including phenoxy) is 2. The highest BCUT2D eigenvalue weighted by Gasteiger charge is 2.23. The minimum atomic E-state index is -1.04. The van der Waals surface area contributed by atoms with Gasteiger partial charge in [0.05, 0.1) is 14.2 Å². The summed E-state index contributed by atoms with van der Waals surface area (Å²) in [6.07, 6.45) is 0.180. The number of nitrogens with two attached hydrogens (primary N) is 1. The first-order valence-electron chi connectivity index (χ1n) is 5.73. The lowest BCUT2D eigenvalue weighted by Crippen LogP contribution is -2.32. The van der Waals surface area contributed by atoms with Crippen LogP contribution >= 0.6 is 15.9 Å². The Bertz CT molecular complexity index is 502. The van der Waals surface area contributed by atoms with Gasteiger partial charge in [-0.15, -0.1) is 0 Å². The van der Waals surface area contributed by atoms with Gasteiger partial charge in [-0.05, 0) is 19.4 Å². The average molecular weight is 332 g/mol. The zero-order valence-electron chi connectivity index (χ0n) is 11.4. The van der Waals surface area contributed by atoms with Crippen molar-refractivity contribution in [2.75, 3.05) is 14.2 Å². The van der Waals surface area contributed by atoms with Crippen molar-refractivity contribution >= 4 is 21.9 Å². The summed E-state index contributed by atoms with van der Waals surface area (Å²) in [6, 6.07) is -0.980. The number of rotatable bonds is 5. The summed E-state index contributed by atoms with van der Waals surface area (Å²) in [7, 11) is 3.08. The van der Waals surface area contributed by atoms with E-state index >= 15 is 0 Å². The van der Waals surface area contributed by atoms with Gasteiger partial charge in [0.1, 0.15) is 6.04 Å². The summed E-state index contributed by atoms with van der Waals surface area (Å²) < 4.78 is 11.6. The highest BCUT2D eigenvalue weighted by atomic mass is 79.9. The molecule has 0 saturated carbocycles. The van der Waals surface area contributed by atoms with Gasteiger partial charge in [-0.25, -0.2) is 0 Å². The van der Waals surface area contributed by atoms with Crippen LogP contribution in [0, 0.1) is 13.8 Å².